The van der Waals surface area contributed by atoms with Crippen LogP contribution < -0.4 is 10.1 Å². The Balaban J connectivity index is 2.06. The predicted molar refractivity (Wildman–Crippen MR) is 84.2 cm³/mol. The van der Waals surface area contributed by atoms with E-state index in [1.165, 1.54) is 23.3 Å². The van der Waals surface area contributed by atoms with Crippen molar-refractivity contribution in [3.05, 3.63) is 59.4 Å². The number of ether oxygens (including phenoxy) is 1. The van der Waals surface area contributed by atoms with E-state index in [0.29, 0.717) is 5.75 Å². The normalized spacial score (nSPS) is 11.5. The molecule has 0 radical (unpaired) electrons. The summed E-state index contributed by atoms with van der Waals surface area (Å²) in [6.45, 7) is 9.33. The zero-order valence-corrected chi connectivity index (χ0v) is 13.0. The third-order valence-electron chi connectivity index (χ3n) is 3.17. The van der Waals surface area contributed by atoms with E-state index in [-0.39, 0.29) is 11.4 Å². The van der Waals surface area contributed by atoms with Gasteiger partial charge in [-0.1, -0.05) is 6.07 Å². The third kappa shape index (κ3) is 4.87. The summed E-state index contributed by atoms with van der Waals surface area (Å²) in [6, 6.07) is 12.0. The molecular weight excluding hydrogens is 265 g/mol. The van der Waals surface area contributed by atoms with Crippen LogP contribution in [0, 0.1) is 12.7 Å². The fourth-order valence-corrected chi connectivity index (χ4v) is 1.93. The van der Waals surface area contributed by atoms with Crippen LogP contribution in [0.3, 0.4) is 0 Å². The molecule has 0 amide bonds. The van der Waals surface area contributed by atoms with Crippen molar-refractivity contribution in [1.82, 2.24) is 5.32 Å². The molecule has 0 aromatic heterocycles. The Bertz CT molecular complexity index is 600. The second-order valence-corrected chi connectivity index (χ2v) is 6.25. The molecule has 0 atom stereocenters. The Morgan fingerprint density at radius 2 is 1.62 bits per heavy atom. The molecule has 2 rings (SSSR count). The largest absolute Gasteiger partial charge is 0.457 e. The van der Waals surface area contributed by atoms with Crippen LogP contribution in [0.5, 0.6) is 11.5 Å². The molecule has 1 N–H and O–H groups in total. The maximum absolute atomic E-state index is 12.9. The Morgan fingerprint density at radius 1 is 1.00 bits per heavy atom. The van der Waals surface area contributed by atoms with Crippen molar-refractivity contribution in [2.45, 2.75) is 39.8 Å². The van der Waals surface area contributed by atoms with E-state index in [0.717, 1.165) is 12.3 Å². The Labute approximate surface area is 126 Å². The van der Waals surface area contributed by atoms with Crippen molar-refractivity contribution in [2.75, 3.05) is 0 Å². The number of nitrogens with one attached hydrogen (secondary N) is 1. The fraction of sp³-hybridized carbons (Fsp3) is 0.333. The molecular formula is C18H22FNO. The summed E-state index contributed by atoms with van der Waals surface area (Å²) in [4.78, 5) is 0. The minimum absolute atomic E-state index is 0.0930. The van der Waals surface area contributed by atoms with Crippen molar-refractivity contribution in [3.8, 4) is 11.5 Å². The van der Waals surface area contributed by atoms with Gasteiger partial charge in [-0.25, -0.2) is 4.39 Å². The number of hydrogen-bond acceptors (Lipinski definition) is 2. The van der Waals surface area contributed by atoms with E-state index in [4.69, 9.17) is 4.74 Å². The average molecular weight is 287 g/mol. The summed E-state index contributed by atoms with van der Waals surface area (Å²) >= 11 is 0. The molecule has 0 saturated carbocycles. The van der Waals surface area contributed by atoms with Crippen molar-refractivity contribution in [2.24, 2.45) is 0 Å². The summed E-state index contributed by atoms with van der Waals surface area (Å²) in [6.07, 6.45) is 0. The van der Waals surface area contributed by atoms with E-state index in [1.807, 2.05) is 12.1 Å². The van der Waals surface area contributed by atoms with Gasteiger partial charge in [0.15, 0.2) is 0 Å². The lowest BCUT2D eigenvalue weighted by Crippen LogP contribution is -2.35. The smallest absolute Gasteiger partial charge is 0.127 e. The number of rotatable bonds is 4. The standard InChI is InChI=1S/C18H22FNO/c1-13-11-17(21-16-9-6-15(19)7-10-16)8-5-14(13)12-20-18(2,3)4/h5-11,20H,12H2,1-4H3. The van der Waals surface area contributed by atoms with Gasteiger partial charge >= 0.3 is 0 Å². The van der Waals surface area contributed by atoms with Crippen molar-refractivity contribution < 1.29 is 9.13 Å². The molecule has 0 aliphatic heterocycles. The van der Waals surface area contributed by atoms with Crippen LogP contribution in [-0.4, -0.2) is 5.54 Å². The zero-order valence-electron chi connectivity index (χ0n) is 13.0. The summed E-state index contributed by atoms with van der Waals surface area (Å²) in [7, 11) is 0. The number of benzene rings is 2. The van der Waals surface area contributed by atoms with Gasteiger partial charge in [0.1, 0.15) is 17.3 Å². The molecule has 0 heterocycles. The molecule has 0 fully saturated rings. The lowest BCUT2D eigenvalue weighted by Gasteiger charge is -2.21. The van der Waals surface area contributed by atoms with Crippen LogP contribution in [0.4, 0.5) is 4.39 Å². The molecule has 0 aliphatic rings. The number of halogens is 1. The van der Waals surface area contributed by atoms with Crippen molar-refractivity contribution >= 4 is 0 Å². The van der Waals surface area contributed by atoms with Crippen LogP contribution in [0.1, 0.15) is 31.9 Å². The first-order valence-corrected chi connectivity index (χ1v) is 7.11. The third-order valence-corrected chi connectivity index (χ3v) is 3.17. The first-order chi connectivity index (χ1) is 9.83. The van der Waals surface area contributed by atoms with Gasteiger partial charge in [0.05, 0.1) is 0 Å². The van der Waals surface area contributed by atoms with Gasteiger partial charge < -0.3 is 10.1 Å². The lowest BCUT2D eigenvalue weighted by atomic mass is 10.1. The van der Waals surface area contributed by atoms with E-state index in [2.05, 4.69) is 39.1 Å². The minimum Gasteiger partial charge on any atom is -0.457 e. The molecule has 0 bridgehead atoms. The molecule has 0 saturated heterocycles. The quantitative estimate of drug-likeness (QED) is 0.871. The summed E-state index contributed by atoms with van der Waals surface area (Å²) in [5.41, 5.74) is 2.51. The zero-order chi connectivity index (χ0) is 15.5. The second kappa shape index (κ2) is 6.27. The number of hydrogen-bond donors (Lipinski definition) is 1. The second-order valence-electron chi connectivity index (χ2n) is 6.25. The monoisotopic (exact) mass is 287 g/mol. The fourth-order valence-electron chi connectivity index (χ4n) is 1.93. The SMILES string of the molecule is Cc1cc(Oc2ccc(F)cc2)ccc1CNC(C)(C)C. The maximum atomic E-state index is 12.9. The van der Waals surface area contributed by atoms with Gasteiger partial charge in [0.2, 0.25) is 0 Å². The lowest BCUT2D eigenvalue weighted by molar-refractivity contribution is 0.423. The van der Waals surface area contributed by atoms with Crippen LogP contribution in [0.2, 0.25) is 0 Å². The van der Waals surface area contributed by atoms with E-state index in [1.54, 1.807) is 12.1 Å². The summed E-state index contributed by atoms with van der Waals surface area (Å²) < 4.78 is 18.6. The Kier molecular flexibility index (Phi) is 4.63. The molecule has 112 valence electrons. The van der Waals surface area contributed by atoms with Crippen molar-refractivity contribution in [1.29, 1.82) is 0 Å². The first-order valence-electron chi connectivity index (χ1n) is 7.11. The molecule has 0 aliphatic carbocycles. The topological polar surface area (TPSA) is 21.3 Å². The van der Waals surface area contributed by atoms with Crippen molar-refractivity contribution in [3.63, 3.8) is 0 Å². The van der Waals surface area contributed by atoms with E-state index in [9.17, 15) is 4.39 Å². The highest BCUT2D eigenvalue weighted by Crippen LogP contribution is 2.24. The predicted octanol–water partition coefficient (Wildman–Crippen LogP) is 4.81. The van der Waals surface area contributed by atoms with Crippen LogP contribution in [0.25, 0.3) is 0 Å². The number of aryl methyl sites for hydroxylation is 1. The Hall–Kier alpha value is -1.87. The van der Waals surface area contributed by atoms with Crippen LogP contribution in [0.15, 0.2) is 42.5 Å². The average Bonchev–Trinajstić information content (AvgIpc) is 2.39. The van der Waals surface area contributed by atoms with Gasteiger partial charge in [-0.3, -0.25) is 0 Å². The van der Waals surface area contributed by atoms with Gasteiger partial charge in [0, 0.05) is 12.1 Å². The van der Waals surface area contributed by atoms with E-state index < -0.39 is 0 Å². The van der Waals surface area contributed by atoms with Crippen LogP contribution in [-0.2, 0) is 6.54 Å². The first kappa shape index (κ1) is 15.5. The molecule has 2 nitrogen and oxygen atoms in total. The summed E-state index contributed by atoms with van der Waals surface area (Å²) in [5.74, 6) is 1.14. The van der Waals surface area contributed by atoms with Gasteiger partial charge in [0.25, 0.3) is 0 Å². The highest BCUT2D eigenvalue weighted by molar-refractivity contribution is 5.38. The molecule has 0 spiro atoms. The van der Waals surface area contributed by atoms with E-state index >= 15 is 0 Å². The molecule has 2 aromatic rings. The van der Waals surface area contributed by atoms with Gasteiger partial charge in [-0.15, -0.1) is 0 Å². The molecule has 3 heteroatoms. The Morgan fingerprint density at radius 3 is 2.19 bits per heavy atom. The highest BCUT2D eigenvalue weighted by Gasteiger charge is 2.10. The summed E-state index contributed by atoms with van der Waals surface area (Å²) in [5, 5.41) is 3.47. The van der Waals surface area contributed by atoms with Crippen LogP contribution >= 0.6 is 0 Å². The minimum atomic E-state index is -0.262. The molecule has 2 aromatic carbocycles. The maximum Gasteiger partial charge on any atom is 0.127 e. The molecule has 0 unspecified atom stereocenters. The molecule has 21 heavy (non-hydrogen) atoms. The van der Waals surface area contributed by atoms with Gasteiger partial charge in [-0.05, 0) is 75.2 Å². The highest BCUT2D eigenvalue weighted by atomic mass is 19.1. The van der Waals surface area contributed by atoms with Gasteiger partial charge in [-0.2, -0.15) is 0 Å².